The van der Waals surface area contributed by atoms with Gasteiger partial charge in [-0.05, 0) is 140 Å². The van der Waals surface area contributed by atoms with Crippen LogP contribution in [0.5, 0.6) is 0 Å². The average Bonchev–Trinajstić information content (AvgIpc) is 0.781. The molecule has 0 aliphatic heterocycles. The second-order valence-electron chi connectivity index (χ2n) is 26.1. The maximum Gasteiger partial charge on any atom is 0.354 e. The van der Waals surface area contributed by atoms with E-state index in [9.17, 15) is 4.79 Å². The Labute approximate surface area is 638 Å². The van der Waals surface area contributed by atoms with Crippen LogP contribution < -0.4 is 0 Å². The predicted octanol–water partition coefficient (Wildman–Crippen LogP) is 25.1. The fraction of sp³-hybridized carbons (Fsp3) is 0. The van der Waals surface area contributed by atoms with Crippen LogP contribution in [-0.4, -0.2) is 40.1 Å². The summed E-state index contributed by atoms with van der Waals surface area (Å²) in [6.07, 6.45) is 3.36. The van der Waals surface area contributed by atoms with Gasteiger partial charge < -0.3 is 19.2 Å². The molecule has 6 heterocycles. The molecule has 0 unspecified atom stereocenters. The number of aromatic nitrogens is 6. The molecule has 515 valence electrons. The molecule has 20 aromatic rings. The van der Waals surface area contributed by atoms with Crippen molar-refractivity contribution in [3.8, 4) is 89.7 Å². The predicted molar refractivity (Wildman–Crippen MR) is 442 cm³/mol. The minimum absolute atomic E-state index is 0. The number of carbonyl (C=O) groups is 1. The molecule has 0 spiro atoms. The van der Waals surface area contributed by atoms with E-state index in [0.717, 1.165) is 72.4 Å². The molecule has 14 aromatic carbocycles. The summed E-state index contributed by atoms with van der Waals surface area (Å²) in [5.74, 6) is -0.990. The van der Waals surface area contributed by atoms with Gasteiger partial charge in [-0.1, -0.05) is 285 Å². The summed E-state index contributed by atoms with van der Waals surface area (Å²) in [4.78, 5) is 28.7. The molecule has 108 heavy (non-hydrogen) atoms. The van der Waals surface area contributed by atoms with Gasteiger partial charge in [0, 0.05) is 87.3 Å². The molecule has 0 bridgehead atoms. The Kier molecular flexibility index (Phi) is 19.8. The molecule has 6 aromatic heterocycles. The number of nitrogens with zero attached hydrogens (tertiary/aromatic N) is 6. The van der Waals surface area contributed by atoms with Gasteiger partial charge in [0.25, 0.3) is 0 Å². The van der Waals surface area contributed by atoms with Crippen LogP contribution in [-0.2, 0) is 20.1 Å². The Morgan fingerprint density at radius 3 is 1.15 bits per heavy atom. The normalized spacial score (nSPS) is 11.0. The van der Waals surface area contributed by atoms with Crippen LogP contribution in [0.3, 0.4) is 0 Å². The molecule has 1 radical (unpaired) electrons. The largest absolute Gasteiger partial charge is 0.477 e. The molecule has 0 aliphatic carbocycles. The summed E-state index contributed by atoms with van der Waals surface area (Å²) in [6, 6.07) is 138. The first-order valence-corrected chi connectivity index (χ1v) is 35.7. The van der Waals surface area contributed by atoms with Crippen LogP contribution in [0, 0.1) is 6.07 Å². The first-order valence-electron chi connectivity index (χ1n) is 35.7. The summed E-state index contributed by atoms with van der Waals surface area (Å²) in [5, 5.41) is 18.0. The van der Waals surface area contributed by atoms with E-state index >= 15 is 0 Å². The molecule has 8 nitrogen and oxygen atoms in total. The van der Waals surface area contributed by atoms with Crippen LogP contribution in [0.2, 0.25) is 0 Å². The molecule has 0 saturated heterocycles. The summed E-state index contributed by atoms with van der Waals surface area (Å²) in [7, 11) is 0. The van der Waals surface area contributed by atoms with E-state index in [0.29, 0.717) is 0 Å². The smallest absolute Gasteiger partial charge is 0.354 e. The fourth-order valence-electron chi connectivity index (χ4n) is 14.3. The number of benzene rings is 14. The van der Waals surface area contributed by atoms with Gasteiger partial charge in [0.2, 0.25) is 0 Å². The molecular weight excluding hydrogens is 1500 g/mol. The molecule has 9 heteroatoms. The van der Waals surface area contributed by atoms with Gasteiger partial charge in [-0.15, -0.1) is 35.9 Å². The Morgan fingerprint density at radius 2 is 0.694 bits per heavy atom. The number of carboxylic acid groups (broad SMARTS) is 1. The van der Waals surface area contributed by atoms with Gasteiger partial charge in [-0.3, -0.25) is 0 Å². The van der Waals surface area contributed by atoms with Crippen LogP contribution >= 0.6 is 0 Å². The van der Waals surface area contributed by atoms with Gasteiger partial charge in [0.15, 0.2) is 0 Å². The standard InChI is InChI=1S/C42H28N2.C36H24N2.C15H10N.C6H5NO2.Ir/c1-2-10-29(11-3-1)32-22-27-42-38(28-32)37-14-6-9-17-41(37)44(42)34-25-20-31(21-26-34)30-18-23-33(24-19-30)43-39-15-7-4-12-35(39)36-13-5-8-16-40(36)43;1-5-13-25(14-6-1)31-23-33(27-17-9-3-10-18-27)37-35-29(31)21-22-30-32(26-15-7-2-8-16-26)24-34(38-36(30)35)28-19-11-4-12-20-28;1-2-6-12(7-3-1)15-10-13-8-4-5-9-14(13)11-16-15;8-6(9)5-3-1-2-4-7-5;/h1-28H;1-24H;1-6,8-11H;1-4H,(H,8,9);/q;;-1;;. The summed E-state index contributed by atoms with van der Waals surface area (Å²) in [5.41, 5.74) is 24.7. The van der Waals surface area contributed by atoms with Crippen LogP contribution in [0.1, 0.15) is 10.5 Å². The number of hydrogen-bond donors (Lipinski definition) is 1. The number of para-hydroxylation sites is 3. The van der Waals surface area contributed by atoms with E-state index in [2.05, 4.69) is 347 Å². The van der Waals surface area contributed by atoms with Crippen LogP contribution in [0.4, 0.5) is 0 Å². The number of rotatable bonds is 10. The number of carboxylic acids is 1. The molecule has 0 fully saturated rings. The number of fused-ring (bicyclic) bond motifs is 10. The van der Waals surface area contributed by atoms with Gasteiger partial charge in [0.1, 0.15) is 5.69 Å². The van der Waals surface area contributed by atoms with E-state index in [1.807, 2.05) is 54.7 Å². The molecule has 0 saturated carbocycles. The van der Waals surface area contributed by atoms with Crippen LogP contribution in [0.25, 0.3) is 166 Å². The van der Waals surface area contributed by atoms with Crippen LogP contribution in [0.15, 0.2) is 401 Å². The van der Waals surface area contributed by atoms with E-state index in [-0.39, 0.29) is 25.8 Å². The SMILES string of the molecule is O=C(O)c1ccccn1.[Ir].[c-]1ccccc1-c1cc2ccccc2cn1.c1ccc(-c2cc(-c3ccccc3)c3ccc4c(-c5ccccc5)cc(-c5ccccc5)nc4c3n2)cc1.c1ccc(-c2ccc3c(c2)c2ccccc2n3-c2ccc(-c3ccc(-n4c5ccccc5c5ccccc54)cc3)cc2)cc1. The average molecular weight is 1560 g/mol. The minimum atomic E-state index is -0.990. The first-order chi connectivity index (χ1) is 52.9. The molecular formula is C99H67IrN6O2-. The number of pyridine rings is 4. The van der Waals surface area contributed by atoms with Gasteiger partial charge in [0.05, 0.1) is 44.5 Å². The Hall–Kier alpha value is -13.8. The Morgan fingerprint density at radius 1 is 0.296 bits per heavy atom. The molecule has 1 N–H and O–H groups in total. The Balaban J connectivity index is 0.000000125. The monoisotopic (exact) mass is 1560 g/mol. The topological polar surface area (TPSA) is 98.7 Å². The quantitative estimate of drug-likeness (QED) is 0.108. The number of aromatic carboxylic acids is 1. The maximum absolute atomic E-state index is 10.1. The van der Waals surface area contributed by atoms with Crippen molar-refractivity contribution in [1.29, 1.82) is 0 Å². The van der Waals surface area contributed by atoms with E-state index in [1.165, 1.54) is 106 Å². The zero-order valence-electron chi connectivity index (χ0n) is 58.5. The second-order valence-corrected chi connectivity index (χ2v) is 26.1. The van der Waals surface area contributed by atoms with Crippen molar-refractivity contribution in [3.05, 3.63) is 412 Å². The van der Waals surface area contributed by atoms with Gasteiger partial charge in [-0.2, -0.15) is 0 Å². The molecule has 0 aliphatic rings. The van der Waals surface area contributed by atoms with Crippen molar-refractivity contribution in [2.75, 3.05) is 0 Å². The number of hydrogen-bond acceptors (Lipinski definition) is 5. The van der Waals surface area contributed by atoms with Crippen molar-refractivity contribution >= 4 is 82.2 Å². The summed E-state index contributed by atoms with van der Waals surface area (Å²) < 4.78 is 4.75. The van der Waals surface area contributed by atoms with Crippen molar-refractivity contribution in [3.63, 3.8) is 0 Å². The van der Waals surface area contributed by atoms with E-state index in [4.69, 9.17) is 15.1 Å². The maximum atomic E-state index is 10.1. The van der Waals surface area contributed by atoms with E-state index in [1.54, 1.807) is 12.1 Å². The minimum Gasteiger partial charge on any atom is -0.477 e. The van der Waals surface area contributed by atoms with Gasteiger partial charge in [-0.25, -0.2) is 19.7 Å². The zero-order chi connectivity index (χ0) is 71.8. The summed E-state index contributed by atoms with van der Waals surface area (Å²) >= 11 is 0. The third kappa shape index (κ3) is 14.1. The van der Waals surface area contributed by atoms with Crippen molar-refractivity contribution in [2.24, 2.45) is 0 Å². The molecule has 20 rings (SSSR count). The molecule has 0 amide bonds. The third-order valence-corrected chi connectivity index (χ3v) is 19.5. The van der Waals surface area contributed by atoms with E-state index < -0.39 is 5.97 Å². The zero-order valence-corrected chi connectivity index (χ0v) is 60.9. The van der Waals surface area contributed by atoms with Crippen molar-refractivity contribution in [2.45, 2.75) is 0 Å². The first kappa shape index (κ1) is 68.6. The fourth-order valence-corrected chi connectivity index (χ4v) is 14.3. The molecule has 0 atom stereocenters. The van der Waals surface area contributed by atoms with Crippen molar-refractivity contribution < 1.29 is 30.0 Å². The third-order valence-electron chi connectivity index (χ3n) is 19.5. The van der Waals surface area contributed by atoms with Gasteiger partial charge >= 0.3 is 5.97 Å². The van der Waals surface area contributed by atoms with Crippen molar-refractivity contribution in [1.82, 2.24) is 29.1 Å². The summed E-state index contributed by atoms with van der Waals surface area (Å²) in [6.45, 7) is 0. The second kappa shape index (κ2) is 31.2. The Bertz CT molecular complexity index is 6350.